The first-order valence-electron chi connectivity index (χ1n) is 4.10. The summed E-state index contributed by atoms with van der Waals surface area (Å²) in [5.74, 6) is -0.613. The van der Waals surface area contributed by atoms with Gasteiger partial charge in [-0.2, -0.15) is 0 Å². The van der Waals surface area contributed by atoms with Crippen LogP contribution in [0.2, 0.25) is 0 Å². The van der Waals surface area contributed by atoms with Gasteiger partial charge >= 0.3 is 5.97 Å². The van der Waals surface area contributed by atoms with E-state index in [9.17, 15) is 4.79 Å². The van der Waals surface area contributed by atoms with Crippen molar-refractivity contribution in [2.24, 2.45) is 0 Å². The molecule has 0 heterocycles. The smallest absolute Gasteiger partial charge is 0.334 e. The molecule has 0 aliphatic carbocycles. The highest BCUT2D eigenvalue weighted by Crippen LogP contribution is 1.96. The maximum Gasteiger partial charge on any atom is 0.334 e. The third-order valence-electron chi connectivity index (χ3n) is 1.44. The van der Waals surface area contributed by atoms with Crippen LogP contribution in [0.15, 0.2) is 0 Å². The quantitative estimate of drug-likeness (QED) is 0.582. The fourth-order valence-electron chi connectivity index (χ4n) is 0.593. The third kappa shape index (κ3) is 5.09. The molecule has 0 fully saturated rings. The van der Waals surface area contributed by atoms with Gasteiger partial charge in [-0.3, -0.25) is 0 Å². The highest BCUT2D eigenvalue weighted by molar-refractivity contribution is 5.74. The van der Waals surface area contributed by atoms with Gasteiger partial charge in [-0.15, -0.1) is 0 Å². The molecule has 0 aromatic rings. The minimum absolute atomic E-state index is 0.160. The van der Waals surface area contributed by atoms with Crippen LogP contribution in [0.25, 0.3) is 0 Å². The molecule has 2 atom stereocenters. The van der Waals surface area contributed by atoms with Crippen LogP contribution >= 0.6 is 0 Å². The van der Waals surface area contributed by atoms with E-state index in [0.29, 0.717) is 12.8 Å². The van der Waals surface area contributed by atoms with Crippen molar-refractivity contribution in [3.8, 4) is 0 Å². The maximum atomic E-state index is 10.8. The standard InChI is InChI=1S/C8H16O4/c1-3-7(10)8(11)12-5-4-6(2)9/h6-7,9-10H,3-5H2,1-2H3/t6-,7?/m1/s1. The number of ether oxygens (including phenoxy) is 1. The summed E-state index contributed by atoms with van der Waals surface area (Å²) in [6.07, 6.45) is -0.744. The van der Waals surface area contributed by atoms with Crippen LogP contribution in [0, 0.1) is 0 Å². The van der Waals surface area contributed by atoms with Crippen molar-refractivity contribution in [1.82, 2.24) is 0 Å². The fourth-order valence-corrected chi connectivity index (χ4v) is 0.593. The van der Waals surface area contributed by atoms with E-state index in [1.54, 1.807) is 13.8 Å². The molecule has 0 rings (SSSR count). The first-order valence-corrected chi connectivity index (χ1v) is 4.10. The number of carbonyl (C=O) groups is 1. The predicted molar refractivity (Wildman–Crippen MR) is 43.6 cm³/mol. The summed E-state index contributed by atoms with van der Waals surface area (Å²) in [6.45, 7) is 3.47. The van der Waals surface area contributed by atoms with Crippen molar-refractivity contribution in [2.45, 2.75) is 38.9 Å². The molecule has 1 unspecified atom stereocenters. The van der Waals surface area contributed by atoms with Gasteiger partial charge in [0, 0.05) is 6.42 Å². The van der Waals surface area contributed by atoms with Crippen LogP contribution in [0.5, 0.6) is 0 Å². The number of hydrogen-bond acceptors (Lipinski definition) is 4. The maximum absolute atomic E-state index is 10.8. The van der Waals surface area contributed by atoms with Crippen LogP contribution in [-0.4, -0.2) is 35.0 Å². The van der Waals surface area contributed by atoms with E-state index in [2.05, 4.69) is 4.74 Å². The molecular formula is C8H16O4. The minimum Gasteiger partial charge on any atom is -0.464 e. The second-order valence-corrected chi connectivity index (χ2v) is 2.73. The van der Waals surface area contributed by atoms with Crippen molar-refractivity contribution >= 4 is 5.97 Å². The number of carbonyl (C=O) groups excluding carboxylic acids is 1. The van der Waals surface area contributed by atoms with Gasteiger partial charge < -0.3 is 14.9 Å². The molecule has 0 amide bonds. The molecule has 12 heavy (non-hydrogen) atoms. The highest BCUT2D eigenvalue weighted by atomic mass is 16.5. The van der Waals surface area contributed by atoms with E-state index in [4.69, 9.17) is 10.2 Å². The second-order valence-electron chi connectivity index (χ2n) is 2.73. The Hall–Kier alpha value is -0.610. The average molecular weight is 176 g/mol. The SMILES string of the molecule is CCC(O)C(=O)OCC[C@@H](C)O. The second kappa shape index (κ2) is 5.97. The van der Waals surface area contributed by atoms with Crippen LogP contribution in [0.4, 0.5) is 0 Å². The van der Waals surface area contributed by atoms with Crippen LogP contribution in [0.1, 0.15) is 26.7 Å². The van der Waals surface area contributed by atoms with Gasteiger partial charge in [-0.25, -0.2) is 4.79 Å². The lowest BCUT2D eigenvalue weighted by Gasteiger charge is -2.09. The molecule has 0 aliphatic rings. The number of aliphatic hydroxyl groups excluding tert-OH is 2. The van der Waals surface area contributed by atoms with Crippen molar-refractivity contribution < 1.29 is 19.7 Å². The molecule has 2 N–H and O–H groups in total. The van der Waals surface area contributed by atoms with Gasteiger partial charge in [0.1, 0.15) is 0 Å². The Morgan fingerprint density at radius 2 is 2.08 bits per heavy atom. The average Bonchev–Trinajstić information content (AvgIpc) is 2.02. The molecule has 0 radical (unpaired) electrons. The van der Waals surface area contributed by atoms with Gasteiger partial charge in [-0.1, -0.05) is 6.92 Å². The topological polar surface area (TPSA) is 66.8 Å². The Labute approximate surface area is 72.2 Å². The van der Waals surface area contributed by atoms with E-state index in [0.717, 1.165) is 0 Å². The monoisotopic (exact) mass is 176 g/mol. The first-order chi connectivity index (χ1) is 5.57. The molecule has 0 saturated carbocycles. The van der Waals surface area contributed by atoms with Gasteiger partial charge in [0.05, 0.1) is 12.7 Å². The van der Waals surface area contributed by atoms with Gasteiger partial charge in [0.2, 0.25) is 0 Å². The molecule has 72 valence electrons. The zero-order valence-electron chi connectivity index (χ0n) is 7.49. The van der Waals surface area contributed by atoms with Gasteiger partial charge in [-0.05, 0) is 13.3 Å². The molecule has 0 aromatic carbocycles. The summed E-state index contributed by atoms with van der Waals surface area (Å²) in [7, 11) is 0. The van der Waals surface area contributed by atoms with E-state index in [-0.39, 0.29) is 6.61 Å². The van der Waals surface area contributed by atoms with Crippen LogP contribution in [0.3, 0.4) is 0 Å². The Balaban J connectivity index is 3.44. The zero-order chi connectivity index (χ0) is 9.56. The van der Waals surface area contributed by atoms with Crippen LogP contribution < -0.4 is 0 Å². The molecular weight excluding hydrogens is 160 g/mol. The number of hydrogen-bond donors (Lipinski definition) is 2. The predicted octanol–water partition coefficient (Wildman–Crippen LogP) is 0.0714. The van der Waals surface area contributed by atoms with Gasteiger partial charge in [0.15, 0.2) is 6.10 Å². The van der Waals surface area contributed by atoms with E-state index in [1.165, 1.54) is 0 Å². The Morgan fingerprint density at radius 3 is 2.50 bits per heavy atom. The van der Waals surface area contributed by atoms with Crippen LogP contribution in [-0.2, 0) is 9.53 Å². The molecule has 4 nitrogen and oxygen atoms in total. The summed E-state index contributed by atoms with van der Waals surface area (Å²) in [5, 5.41) is 17.8. The highest BCUT2D eigenvalue weighted by Gasteiger charge is 2.13. The third-order valence-corrected chi connectivity index (χ3v) is 1.44. The summed E-state index contributed by atoms with van der Waals surface area (Å²) in [5.41, 5.74) is 0. The molecule has 0 spiro atoms. The lowest BCUT2D eigenvalue weighted by atomic mass is 10.3. The van der Waals surface area contributed by atoms with E-state index < -0.39 is 18.2 Å². The molecule has 0 aromatic heterocycles. The number of aliphatic hydroxyl groups is 2. The fraction of sp³-hybridized carbons (Fsp3) is 0.875. The summed E-state index contributed by atoms with van der Waals surface area (Å²) in [4.78, 5) is 10.8. The zero-order valence-corrected chi connectivity index (χ0v) is 7.49. The van der Waals surface area contributed by atoms with Crippen molar-refractivity contribution in [1.29, 1.82) is 0 Å². The normalized spacial score (nSPS) is 15.3. The number of rotatable bonds is 5. The molecule has 4 heteroatoms. The Morgan fingerprint density at radius 1 is 1.50 bits per heavy atom. The van der Waals surface area contributed by atoms with E-state index >= 15 is 0 Å². The Kier molecular flexibility index (Phi) is 5.66. The summed E-state index contributed by atoms with van der Waals surface area (Å²) in [6, 6.07) is 0. The molecule has 0 aliphatic heterocycles. The summed E-state index contributed by atoms with van der Waals surface area (Å²) >= 11 is 0. The largest absolute Gasteiger partial charge is 0.464 e. The van der Waals surface area contributed by atoms with E-state index in [1.807, 2.05) is 0 Å². The molecule has 0 bridgehead atoms. The lowest BCUT2D eigenvalue weighted by Crippen LogP contribution is -2.23. The van der Waals surface area contributed by atoms with Crippen molar-refractivity contribution in [3.63, 3.8) is 0 Å². The van der Waals surface area contributed by atoms with Crippen molar-refractivity contribution in [2.75, 3.05) is 6.61 Å². The summed E-state index contributed by atoms with van der Waals surface area (Å²) < 4.78 is 4.66. The van der Waals surface area contributed by atoms with Gasteiger partial charge in [0.25, 0.3) is 0 Å². The Bertz CT molecular complexity index is 133. The molecule has 0 saturated heterocycles. The number of esters is 1. The van der Waals surface area contributed by atoms with Crippen molar-refractivity contribution in [3.05, 3.63) is 0 Å². The lowest BCUT2D eigenvalue weighted by molar-refractivity contribution is -0.154. The minimum atomic E-state index is -1.03. The first kappa shape index (κ1) is 11.4.